The third kappa shape index (κ3) is 6.87. The highest BCUT2D eigenvalue weighted by molar-refractivity contribution is 5.02. The zero-order valence-corrected chi connectivity index (χ0v) is 21.2. The van der Waals surface area contributed by atoms with Gasteiger partial charge < -0.3 is 0 Å². The normalized spacial score (nSPS) is 41.0. The van der Waals surface area contributed by atoms with Gasteiger partial charge in [-0.25, -0.2) is 0 Å². The van der Waals surface area contributed by atoms with Crippen LogP contribution in [-0.4, -0.2) is 0 Å². The highest BCUT2D eigenvalue weighted by atomic mass is 14.4. The Morgan fingerprint density at radius 3 is 1.62 bits per heavy atom. The molecule has 2 atom stereocenters. The molecule has 0 bridgehead atoms. The summed E-state index contributed by atoms with van der Waals surface area (Å²) in [5.74, 6) is 7.41. The topological polar surface area (TPSA) is 0 Å². The Morgan fingerprint density at radius 2 is 1.16 bits per heavy atom. The summed E-state index contributed by atoms with van der Waals surface area (Å²) in [6.07, 6.45) is 37.4. The van der Waals surface area contributed by atoms with E-state index in [2.05, 4.69) is 43.9 Å². The van der Waals surface area contributed by atoms with Crippen LogP contribution in [0.25, 0.3) is 0 Å². The van der Waals surface area contributed by atoms with Crippen LogP contribution in [0.2, 0.25) is 0 Å². The van der Waals surface area contributed by atoms with Crippen LogP contribution < -0.4 is 0 Å². The average molecular weight is 437 g/mol. The molecule has 0 heteroatoms. The lowest BCUT2D eigenvalue weighted by atomic mass is 9.69. The summed E-state index contributed by atoms with van der Waals surface area (Å²) in [7, 11) is 0. The van der Waals surface area contributed by atoms with E-state index in [1.54, 1.807) is 0 Å². The third-order valence-electron chi connectivity index (χ3n) is 10.1. The minimum atomic E-state index is 0.817. The van der Waals surface area contributed by atoms with E-state index in [0.717, 1.165) is 47.3 Å². The van der Waals surface area contributed by atoms with E-state index < -0.39 is 0 Å². The van der Waals surface area contributed by atoms with Gasteiger partial charge in [0.05, 0.1) is 0 Å². The monoisotopic (exact) mass is 436 g/mol. The van der Waals surface area contributed by atoms with Crippen molar-refractivity contribution in [1.82, 2.24) is 0 Å². The largest absolute Gasteiger partial charge is 0.103 e. The lowest BCUT2D eigenvalue weighted by molar-refractivity contribution is 0.166. The maximum atomic E-state index is 4.02. The predicted molar refractivity (Wildman–Crippen MR) is 141 cm³/mol. The number of hydrogen-bond acceptors (Lipinski definition) is 0. The average Bonchev–Trinajstić information content (AvgIpc) is 2.87. The van der Waals surface area contributed by atoms with Crippen LogP contribution in [0.5, 0.6) is 0 Å². The Morgan fingerprint density at radius 1 is 0.625 bits per heavy atom. The van der Waals surface area contributed by atoms with Gasteiger partial charge in [0.2, 0.25) is 0 Å². The van der Waals surface area contributed by atoms with Crippen molar-refractivity contribution in [1.29, 1.82) is 0 Å². The molecule has 0 radical (unpaired) electrons. The first-order valence-electron chi connectivity index (χ1n) is 14.7. The lowest BCUT2D eigenvalue weighted by Crippen LogP contribution is -2.25. The van der Waals surface area contributed by atoms with Gasteiger partial charge >= 0.3 is 0 Å². The van der Waals surface area contributed by atoms with Gasteiger partial charge in [0.25, 0.3) is 0 Å². The summed E-state index contributed by atoms with van der Waals surface area (Å²) in [5.41, 5.74) is 0. The van der Waals surface area contributed by atoms with Gasteiger partial charge in [-0.3, -0.25) is 0 Å². The van der Waals surface area contributed by atoms with Gasteiger partial charge in [-0.05, 0) is 144 Å². The van der Waals surface area contributed by atoms with Crippen LogP contribution in [0.4, 0.5) is 0 Å². The van der Waals surface area contributed by atoms with Crippen LogP contribution in [0.15, 0.2) is 37.0 Å². The van der Waals surface area contributed by atoms with E-state index in [9.17, 15) is 0 Å². The fraction of sp³-hybridized carbons (Fsp3) is 0.812. The van der Waals surface area contributed by atoms with E-state index in [0.29, 0.717) is 0 Å². The van der Waals surface area contributed by atoms with Gasteiger partial charge in [0.1, 0.15) is 0 Å². The van der Waals surface area contributed by atoms with Gasteiger partial charge in [-0.1, -0.05) is 50.1 Å². The van der Waals surface area contributed by atoms with Crippen molar-refractivity contribution < 1.29 is 0 Å². The van der Waals surface area contributed by atoms with Gasteiger partial charge in [-0.15, -0.1) is 6.58 Å². The highest BCUT2D eigenvalue weighted by Gasteiger charge is 2.30. The fourth-order valence-electron chi connectivity index (χ4n) is 7.74. The molecule has 2 unspecified atom stereocenters. The first kappa shape index (κ1) is 24.3. The van der Waals surface area contributed by atoms with Crippen LogP contribution in [-0.2, 0) is 0 Å². The molecule has 0 aliphatic heterocycles. The Bertz CT molecular complexity index is 588. The molecular formula is C32H52. The Balaban J connectivity index is 1.13. The number of unbranched alkanes of at least 4 members (excludes halogenated alkanes) is 1. The molecule has 0 nitrogen and oxygen atoms in total. The third-order valence-corrected chi connectivity index (χ3v) is 10.1. The van der Waals surface area contributed by atoms with Crippen LogP contribution in [0, 0.1) is 47.3 Å². The molecule has 4 rings (SSSR count). The summed E-state index contributed by atoms with van der Waals surface area (Å²) < 4.78 is 0. The quantitative estimate of drug-likeness (QED) is 0.332. The van der Waals surface area contributed by atoms with Crippen molar-refractivity contribution >= 4 is 0 Å². The van der Waals surface area contributed by atoms with Crippen molar-refractivity contribution in [3.05, 3.63) is 37.0 Å². The van der Waals surface area contributed by atoms with Crippen LogP contribution in [0.1, 0.15) is 116 Å². The molecular weight excluding hydrogens is 384 g/mol. The standard InChI is InChI=1S/C32H52/c1-3-5-6-26-11-19-30(20-12-26)32-23-15-28(16-24-32)8-7-27-13-21-31(22-14-27)29-17-9-25(4-2)10-18-29/h4,7-8,11,19,25-32H,2-3,5-6,9-10,12-18,20-24H2,1H3. The molecule has 0 spiro atoms. The summed E-state index contributed by atoms with van der Waals surface area (Å²) in [6, 6.07) is 0. The minimum absolute atomic E-state index is 0.817. The zero-order valence-electron chi connectivity index (χ0n) is 21.2. The van der Waals surface area contributed by atoms with Crippen molar-refractivity contribution in [2.24, 2.45) is 47.3 Å². The molecule has 0 aromatic heterocycles. The fourth-order valence-corrected chi connectivity index (χ4v) is 7.74. The van der Waals surface area contributed by atoms with Crippen LogP contribution in [0.3, 0.4) is 0 Å². The number of hydrogen-bond donors (Lipinski definition) is 0. The van der Waals surface area contributed by atoms with E-state index >= 15 is 0 Å². The van der Waals surface area contributed by atoms with Crippen molar-refractivity contribution in [2.45, 2.75) is 116 Å². The minimum Gasteiger partial charge on any atom is -0.103 e. The first-order valence-corrected chi connectivity index (χ1v) is 14.7. The van der Waals surface area contributed by atoms with Crippen LogP contribution >= 0.6 is 0 Å². The number of rotatable bonds is 8. The molecule has 180 valence electrons. The van der Waals surface area contributed by atoms with Crippen molar-refractivity contribution in [3.8, 4) is 0 Å². The van der Waals surface area contributed by atoms with Gasteiger partial charge in [0, 0.05) is 0 Å². The van der Waals surface area contributed by atoms with Gasteiger partial charge in [0.15, 0.2) is 0 Å². The molecule has 32 heavy (non-hydrogen) atoms. The smallest absolute Gasteiger partial charge is 0.0205 e. The predicted octanol–water partition coefficient (Wildman–Crippen LogP) is 9.92. The van der Waals surface area contributed by atoms with E-state index in [1.807, 2.05) is 0 Å². The molecule has 4 aliphatic rings. The molecule has 0 saturated heterocycles. The molecule has 0 aromatic rings. The molecule has 0 aromatic carbocycles. The molecule has 0 amide bonds. The molecule has 0 N–H and O–H groups in total. The first-order chi connectivity index (χ1) is 15.7. The summed E-state index contributed by atoms with van der Waals surface area (Å²) in [4.78, 5) is 0. The zero-order chi connectivity index (χ0) is 22.2. The Hall–Kier alpha value is -0.780. The van der Waals surface area contributed by atoms with E-state index in [1.165, 1.54) is 109 Å². The molecule has 3 fully saturated rings. The second-order valence-electron chi connectivity index (χ2n) is 12.2. The second-order valence-corrected chi connectivity index (χ2v) is 12.2. The molecule has 4 aliphatic carbocycles. The SMILES string of the molecule is C=CC1CCC(C2CCC(C=CC3CCC(C4C=CC(CCCC)CC4)CC3)CC2)CC1. The second kappa shape index (κ2) is 12.6. The maximum absolute atomic E-state index is 4.02. The lowest BCUT2D eigenvalue weighted by Gasteiger charge is -2.37. The van der Waals surface area contributed by atoms with E-state index in [4.69, 9.17) is 0 Å². The van der Waals surface area contributed by atoms with Crippen molar-refractivity contribution in [2.75, 3.05) is 0 Å². The molecule has 3 saturated carbocycles. The number of allylic oxidation sites excluding steroid dienone is 5. The maximum Gasteiger partial charge on any atom is -0.0205 e. The molecule has 0 heterocycles. The summed E-state index contributed by atoms with van der Waals surface area (Å²) >= 11 is 0. The summed E-state index contributed by atoms with van der Waals surface area (Å²) in [5, 5.41) is 0. The Labute approximate surface area is 200 Å². The summed E-state index contributed by atoms with van der Waals surface area (Å²) in [6.45, 7) is 6.34. The van der Waals surface area contributed by atoms with Gasteiger partial charge in [-0.2, -0.15) is 0 Å². The van der Waals surface area contributed by atoms with E-state index in [-0.39, 0.29) is 0 Å². The highest BCUT2D eigenvalue weighted by Crippen LogP contribution is 2.43. The van der Waals surface area contributed by atoms with Crippen molar-refractivity contribution in [3.63, 3.8) is 0 Å². The Kier molecular flexibility index (Phi) is 9.60.